The quantitative estimate of drug-likeness (QED) is 0.446. The van der Waals surface area contributed by atoms with Crippen molar-refractivity contribution in [3.63, 3.8) is 0 Å². The van der Waals surface area contributed by atoms with Crippen LogP contribution in [0.4, 0.5) is 0 Å². The predicted octanol–water partition coefficient (Wildman–Crippen LogP) is 5.24. The molecule has 28 heavy (non-hydrogen) atoms. The Bertz CT molecular complexity index is 1160. The summed E-state index contributed by atoms with van der Waals surface area (Å²) < 4.78 is 8.14. The number of para-hydroxylation sites is 1. The molecule has 1 amide bonds. The minimum Gasteiger partial charge on any atom is -0.467 e. The lowest BCUT2D eigenvalue weighted by Crippen LogP contribution is -2.41. The summed E-state index contributed by atoms with van der Waals surface area (Å²) in [6, 6.07) is 11.4. The number of thiazole rings is 2. The molecule has 4 aromatic rings. The molecule has 0 aliphatic carbocycles. The summed E-state index contributed by atoms with van der Waals surface area (Å²) in [6.45, 7) is 1.35. The van der Waals surface area contributed by atoms with E-state index >= 15 is 0 Å². The number of piperidine rings is 1. The molecule has 142 valence electrons. The van der Waals surface area contributed by atoms with Crippen LogP contribution in [0.15, 0.2) is 41.9 Å². The Morgan fingerprint density at radius 3 is 2.86 bits per heavy atom. The zero-order chi connectivity index (χ0) is 19.1. The second-order valence-electron chi connectivity index (χ2n) is 6.71. The van der Waals surface area contributed by atoms with Gasteiger partial charge in [0, 0.05) is 31.5 Å². The molecule has 1 aliphatic rings. The van der Waals surface area contributed by atoms with Crippen LogP contribution in [0, 0.1) is 0 Å². The first-order chi connectivity index (χ1) is 13.7. The monoisotopic (exact) mass is 429 g/mol. The molecule has 5 nitrogen and oxygen atoms in total. The van der Waals surface area contributed by atoms with Gasteiger partial charge >= 0.3 is 0 Å². The molecule has 2 aromatic carbocycles. The van der Waals surface area contributed by atoms with Gasteiger partial charge in [-0.05, 0) is 30.3 Å². The van der Waals surface area contributed by atoms with Crippen molar-refractivity contribution < 1.29 is 9.53 Å². The van der Waals surface area contributed by atoms with Gasteiger partial charge in [0.2, 0.25) is 0 Å². The van der Waals surface area contributed by atoms with Gasteiger partial charge in [-0.25, -0.2) is 9.97 Å². The molecule has 0 saturated carbocycles. The van der Waals surface area contributed by atoms with E-state index in [1.165, 1.54) is 11.3 Å². The number of ether oxygens (including phenoxy) is 1. The number of carbonyl (C=O) groups excluding carboxylic acids is 1. The average molecular weight is 430 g/mol. The van der Waals surface area contributed by atoms with Gasteiger partial charge in [0.25, 0.3) is 11.1 Å². The van der Waals surface area contributed by atoms with Crippen LogP contribution >= 0.6 is 34.3 Å². The molecular formula is C20H16ClN3O2S2. The summed E-state index contributed by atoms with van der Waals surface area (Å²) >= 11 is 9.26. The summed E-state index contributed by atoms with van der Waals surface area (Å²) in [4.78, 5) is 23.5. The number of nitrogens with zero attached hydrogens (tertiary/aromatic N) is 3. The lowest BCUT2D eigenvalue weighted by Gasteiger charge is -2.31. The summed E-state index contributed by atoms with van der Waals surface area (Å²) in [7, 11) is 0. The van der Waals surface area contributed by atoms with E-state index in [9.17, 15) is 4.79 Å². The molecule has 0 N–H and O–H groups in total. The van der Waals surface area contributed by atoms with Crippen LogP contribution in [0.5, 0.6) is 5.19 Å². The maximum Gasteiger partial charge on any atom is 0.274 e. The molecule has 1 fully saturated rings. The van der Waals surface area contributed by atoms with Crippen molar-refractivity contribution in [3.8, 4) is 5.19 Å². The van der Waals surface area contributed by atoms with E-state index in [-0.39, 0.29) is 12.0 Å². The first kappa shape index (κ1) is 17.8. The topological polar surface area (TPSA) is 55.3 Å². The van der Waals surface area contributed by atoms with Crippen molar-refractivity contribution in [2.45, 2.75) is 18.9 Å². The Balaban J connectivity index is 1.24. The van der Waals surface area contributed by atoms with Gasteiger partial charge in [0.1, 0.15) is 11.6 Å². The van der Waals surface area contributed by atoms with Crippen LogP contribution in [0.25, 0.3) is 20.4 Å². The maximum atomic E-state index is 12.8. The van der Waals surface area contributed by atoms with E-state index in [0.29, 0.717) is 23.3 Å². The summed E-state index contributed by atoms with van der Waals surface area (Å²) in [6.07, 6.45) is 1.64. The molecule has 0 radical (unpaired) electrons. The van der Waals surface area contributed by atoms with E-state index in [2.05, 4.69) is 9.97 Å². The minimum atomic E-state index is 0.0624. The highest BCUT2D eigenvalue weighted by atomic mass is 35.5. The molecule has 0 spiro atoms. The first-order valence-electron chi connectivity index (χ1n) is 9.01. The van der Waals surface area contributed by atoms with Gasteiger partial charge < -0.3 is 9.64 Å². The lowest BCUT2D eigenvalue weighted by atomic mass is 10.1. The third kappa shape index (κ3) is 3.34. The van der Waals surface area contributed by atoms with Crippen molar-refractivity contribution >= 4 is 60.6 Å². The Hall–Kier alpha value is -2.22. The molecular weight excluding hydrogens is 414 g/mol. The molecule has 0 bridgehead atoms. The second kappa shape index (κ2) is 7.31. The highest BCUT2D eigenvalue weighted by Gasteiger charge is 2.26. The van der Waals surface area contributed by atoms with Crippen LogP contribution in [-0.4, -0.2) is 40.0 Å². The Morgan fingerprint density at radius 1 is 1.18 bits per heavy atom. The first-order valence-corrected chi connectivity index (χ1v) is 11.1. The average Bonchev–Trinajstić information content (AvgIpc) is 3.34. The summed E-state index contributed by atoms with van der Waals surface area (Å²) in [5.41, 5.74) is 4.24. The number of benzene rings is 2. The van der Waals surface area contributed by atoms with Crippen LogP contribution in [0.2, 0.25) is 5.02 Å². The number of hydrogen-bond acceptors (Lipinski definition) is 6. The predicted molar refractivity (Wildman–Crippen MR) is 114 cm³/mol. The van der Waals surface area contributed by atoms with Gasteiger partial charge in [-0.1, -0.05) is 29.0 Å². The summed E-state index contributed by atoms with van der Waals surface area (Å²) in [5.74, 6) is 0.0699. The van der Waals surface area contributed by atoms with Gasteiger partial charge in [-0.15, -0.1) is 11.3 Å². The highest BCUT2D eigenvalue weighted by molar-refractivity contribution is 7.20. The number of aromatic nitrogens is 2. The third-order valence-electron chi connectivity index (χ3n) is 4.93. The number of likely N-dealkylation sites (tertiary alicyclic amines) is 1. The lowest BCUT2D eigenvalue weighted by molar-refractivity contribution is 0.0595. The van der Waals surface area contributed by atoms with Gasteiger partial charge in [-0.3, -0.25) is 4.79 Å². The molecule has 0 unspecified atom stereocenters. The fourth-order valence-electron chi connectivity index (χ4n) is 3.44. The zero-order valence-electron chi connectivity index (χ0n) is 14.8. The van der Waals surface area contributed by atoms with Gasteiger partial charge in [0.15, 0.2) is 0 Å². The summed E-state index contributed by atoms with van der Waals surface area (Å²) in [5, 5.41) is 1.28. The third-order valence-corrected chi connectivity index (χ3v) is 6.93. The van der Waals surface area contributed by atoms with Crippen molar-refractivity contribution in [3.05, 3.63) is 52.5 Å². The fourth-order valence-corrected chi connectivity index (χ4v) is 5.33. The Kier molecular flexibility index (Phi) is 4.66. The number of halogens is 1. The second-order valence-corrected chi connectivity index (χ2v) is 9.00. The molecule has 1 saturated heterocycles. The van der Waals surface area contributed by atoms with E-state index in [1.54, 1.807) is 16.8 Å². The fraction of sp³-hybridized carbons (Fsp3) is 0.250. The number of rotatable bonds is 3. The molecule has 2 aromatic heterocycles. The van der Waals surface area contributed by atoms with Crippen LogP contribution in [-0.2, 0) is 0 Å². The van der Waals surface area contributed by atoms with E-state index in [4.69, 9.17) is 16.3 Å². The van der Waals surface area contributed by atoms with Crippen molar-refractivity contribution in [1.29, 1.82) is 0 Å². The van der Waals surface area contributed by atoms with Crippen molar-refractivity contribution in [2.24, 2.45) is 0 Å². The molecule has 5 rings (SSSR count). The minimum absolute atomic E-state index is 0.0624. The van der Waals surface area contributed by atoms with E-state index in [1.807, 2.05) is 41.3 Å². The van der Waals surface area contributed by atoms with E-state index < -0.39 is 0 Å². The molecule has 1 aliphatic heterocycles. The maximum absolute atomic E-state index is 12.8. The standard InChI is InChI=1S/C20H16ClN3O2S2/c21-14-2-1-3-16-18(14)23-20(28-16)26-13-6-8-24(9-7-13)19(25)12-4-5-15-17(10-12)27-11-22-15/h1-5,10-11,13H,6-9H2. The Labute approximate surface area is 174 Å². The Morgan fingerprint density at radius 2 is 2.04 bits per heavy atom. The van der Waals surface area contributed by atoms with Crippen molar-refractivity contribution in [2.75, 3.05) is 13.1 Å². The largest absolute Gasteiger partial charge is 0.467 e. The zero-order valence-corrected chi connectivity index (χ0v) is 17.2. The normalized spacial score (nSPS) is 15.4. The molecule has 0 atom stereocenters. The van der Waals surface area contributed by atoms with E-state index in [0.717, 1.165) is 38.8 Å². The van der Waals surface area contributed by atoms with Crippen LogP contribution in [0.1, 0.15) is 23.2 Å². The van der Waals surface area contributed by atoms with Crippen LogP contribution in [0.3, 0.4) is 0 Å². The number of hydrogen-bond donors (Lipinski definition) is 0. The number of fused-ring (bicyclic) bond motifs is 2. The van der Waals surface area contributed by atoms with Gasteiger partial charge in [0.05, 0.1) is 25.4 Å². The SMILES string of the molecule is O=C(c1ccc2ncsc2c1)N1CCC(Oc2nc3c(Cl)cccc3s2)CC1. The van der Waals surface area contributed by atoms with Crippen molar-refractivity contribution in [1.82, 2.24) is 14.9 Å². The number of amides is 1. The smallest absolute Gasteiger partial charge is 0.274 e. The van der Waals surface area contributed by atoms with Gasteiger partial charge in [-0.2, -0.15) is 0 Å². The molecule has 3 heterocycles. The molecule has 8 heteroatoms. The highest BCUT2D eigenvalue weighted by Crippen LogP contribution is 2.33. The number of carbonyl (C=O) groups is 1. The van der Waals surface area contributed by atoms with Crippen LogP contribution < -0.4 is 4.74 Å².